The maximum atomic E-state index is 6.05. The van der Waals surface area contributed by atoms with Crippen LogP contribution < -0.4 is 5.43 Å². The van der Waals surface area contributed by atoms with Gasteiger partial charge in [-0.05, 0) is 25.1 Å². The molecule has 1 N–H and O–H groups in total. The molecule has 3 nitrogen and oxygen atoms in total. The predicted molar refractivity (Wildman–Crippen MR) is 81.5 cm³/mol. The van der Waals surface area contributed by atoms with E-state index in [2.05, 4.69) is 15.5 Å². The summed E-state index contributed by atoms with van der Waals surface area (Å²) in [5.41, 5.74) is 5.05. The highest BCUT2D eigenvalue weighted by Crippen LogP contribution is 2.33. The molecule has 1 aromatic carbocycles. The topological polar surface area (TPSA) is 37.3 Å². The molecule has 0 saturated carbocycles. The lowest BCUT2D eigenvalue weighted by Crippen LogP contribution is -2.00. The van der Waals surface area contributed by atoms with E-state index in [4.69, 9.17) is 34.8 Å². The van der Waals surface area contributed by atoms with E-state index in [0.717, 1.165) is 11.3 Å². The molecule has 1 aromatic heterocycles. The minimum Gasteiger partial charge on any atom is -0.275 e. The zero-order chi connectivity index (χ0) is 13.8. The summed E-state index contributed by atoms with van der Waals surface area (Å²) in [6.07, 6.45) is 3.43. The molecular formula is C13H10Cl3N3. The zero-order valence-corrected chi connectivity index (χ0v) is 12.3. The maximum Gasteiger partial charge on any atom is 0.0935 e. The summed E-state index contributed by atoms with van der Waals surface area (Å²) < 4.78 is 0. The molecule has 0 aliphatic carbocycles. The van der Waals surface area contributed by atoms with Crippen molar-refractivity contribution >= 4 is 46.2 Å². The van der Waals surface area contributed by atoms with Crippen LogP contribution in [0.2, 0.25) is 15.1 Å². The van der Waals surface area contributed by atoms with E-state index in [1.807, 2.05) is 19.1 Å². The monoisotopic (exact) mass is 313 g/mol. The summed E-state index contributed by atoms with van der Waals surface area (Å²) in [5.74, 6) is 0. The van der Waals surface area contributed by atoms with Crippen molar-refractivity contribution in [2.45, 2.75) is 6.92 Å². The van der Waals surface area contributed by atoms with Crippen molar-refractivity contribution in [3.8, 4) is 0 Å². The highest BCUT2D eigenvalue weighted by molar-refractivity contribution is 6.41. The van der Waals surface area contributed by atoms with Crippen molar-refractivity contribution < 1.29 is 0 Å². The average molecular weight is 315 g/mol. The van der Waals surface area contributed by atoms with Gasteiger partial charge in [0.05, 0.1) is 21.4 Å². The number of aromatic nitrogens is 1. The van der Waals surface area contributed by atoms with Gasteiger partial charge >= 0.3 is 0 Å². The van der Waals surface area contributed by atoms with Crippen molar-refractivity contribution in [3.05, 3.63) is 57.3 Å². The Bertz CT molecular complexity index is 589. The van der Waals surface area contributed by atoms with Gasteiger partial charge in [-0.1, -0.05) is 40.9 Å². The Hall–Kier alpha value is -1.29. The normalized spacial score (nSPS) is 11.5. The number of benzene rings is 1. The molecule has 19 heavy (non-hydrogen) atoms. The number of hydrazone groups is 1. The van der Waals surface area contributed by atoms with E-state index in [1.165, 1.54) is 0 Å². The Kier molecular flexibility index (Phi) is 4.64. The highest BCUT2D eigenvalue weighted by atomic mass is 35.5. The molecule has 0 unspecified atom stereocenters. The lowest BCUT2D eigenvalue weighted by molar-refractivity contribution is 1.28. The second-order valence-electron chi connectivity index (χ2n) is 3.80. The van der Waals surface area contributed by atoms with E-state index in [0.29, 0.717) is 20.8 Å². The van der Waals surface area contributed by atoms with Crippen LogP contribution in [0.4, 0.5) is 5.69 Å². The van der Waals surface area contributed by atoms with Gasteiger partial charge in [0.1, 0.15) is 0 Å². The number of hydrogen-bond donors (Lipinski definition) is 1. The quantitative estimate of drug-likeness (QED) is 0.647. The lowest BCUT2D eigenvalue weighted by atomic mass is 10.2. The molecule has 98 valence electrons. The standard InChI is InChI=1S/C13H10Cl3N3/c1-8(9-3-2-4-17-7-9)18-19-13-11(15)5-10(14)6-12(13)16/h2-7,19H,1H3/b18-8+. The van der Waals surface area contributed by atoms with Crippen molar-refractivity contribution in [2.24, 2.45) is 5.10 Å². The van der Waals surface area contributed by atoms with Crippen LogP contribution in [-0.4, -0.2) is 10.7 Å². The molecule has 0 atom stereocenters. The molecule has 0 aliphatic heterocycles. The second-order valence-corrected chi connectivity index (χ2v) is 5.05. The molecule has 0 fully saturated rings. The Morgan fingerprint density at radius 1 is 1.21 bits per heavy atom. The van der Waals surface area contributed by atoms with Gasteiger partial charge in [-0.3, -0.25) is 10.4 Å². The summed E-state index contributed by atoms with van der Waals surface area (Å²) >= 11 is 17.9. The van der Waals surface area contributed by atoms with Gasteiger partial charge < -0.3 is 0 Å². The smallest absolute Gasteiger partial charge is 0.0935 e. The first kappa shape index (κ1) is 14.1. The zero-order valence-electron chi connectivity index (χ0n) is 9.99. The van der Waals surface area contributed by atoms with Crippen LogP contribution in [0, 0.1) is 0 Å². The fraction of sp³-hybridized carbons (Fsp3) is 0.0769. The van der Waals surface area contributed by atoms with Crippen LogP contribution in [0.3, 0.4) is 0 Å². The summed E-state index contributed by atoms with van der Waals surface area (Å²) in [5, 5.41) is 5.54. The van der Waals surface area contributed by atoms with Crippen molar-refractivity contribution in [3.63, 3.8) is 0 Å². The van der Waals surface area contributed by atoms with Crippen LogP contribution >= 0.6 is 34.8 Å². The maximum absolute atomic E-state index is 6.05. The van der Waals surface area contributed by atoms with Crippen LogP contribution in [-0.2, 0) is 0 Å². The highest BCUT2D eigenvalue weighted by Gasteiger charge is 2.07. The van der Waals surface area contributed by atoms with Crippen molar-refractivity contribution in [1.29, 1.82) is 0 Å². The summed E-state index contributed by atoms with van der Waals surface area (Å²) in [6.45, 7) is 1.86. The Morgan fingerprint density at radius 2 is 1.89 bits per heavy atom. The molecule has 0 amide bonds. The number of hydrogen-bond acceptors (Lipinski definition) is 3. The Labute approximate surface area is 126 Å². The largest absolute Gasteiger partial charge is 0.275 e. The Balaban J connectivity index is 2.23. The van der Waals surface area contributed by atoms with Crippen LogP contribution in [0.1, 0.15) is 12.5 Å². The molecule has 0 saturated heterocycles. The molecule has 6 heteroatoms. The first-order valence-corrected chi connectivity index (χ1v) is 6.56. The summed E-state index contributed by atoms with van der Waals surface area (Å²) in [6, 6.07) is 6.97. The van der Waals surface area contributed by atoms with E-state index in [1.54, 1.807) is 24.5 Å². The van der Waals surface area contributed by atoms with Gasteiger partial charge in [-0.2, -0.15) is 5.10 Å². The second kappa shape index (κ2) is 6.24. The Morgan fingerprint density at radius 3 is 2.47 bits per heavy atom. The fourth-order valence-electron chi connectivity index (χ4n) is 1.43. The molecule has 0 radical (unpaired) electrons. The minimum absolute atomic E-state index is 0.417. The van der Waals surface area contributed by atoms with Gasteiger partial charge in [0.2, 0.25) is 0 Å². The van der Waals surface area contributed by atoms with Crippen LogP contribution in [0.25, 0.3) is 0 Å². The summed E-state index contributed by atoms with van der Waals surface area (Å²) in [7, 11) is 0. The van der Waals surface area contributed by atoms with Crippen LogP contribution in [0.5, 0.6) is 0 Å². The third-order valence-electron chi connectivity index (χ3n) is 2.42. The first-order valence-electron chi connectivity index (χ1n) is 5.43. The minimum atomic E-state index is 0.417. The van der Waals surface area contributed by atoms with Gasteiger partial charge in [-0.25, -0.2) is 0 Å². The fourth-order valence-corrected chi connectivity index (χ4v) is 2.33. The lowest BCUT2D eigenvalue weighted by Gasteiger charge is -2.08. The van der Waals surface area contributed by atoms with Gasteiger partial charge in [-0.15, -0.1) is 0 Å². The van der Waals surface area contributed by atoms with Gasteiger partial charge in [0, 0.05) is 23.0 Å². The van der Waals surface area contributed by atoms with E-state index < -0.39 is 0 Å². The molecule has 0 spiro atoms. The van der Waals surface area contributed by atoms with Gasteiger partial charge in [0.15, 0.2) is 0 Å². The summed E-state index contributed by atoms with van der Waals surface area (Å²) in [4.78, 5) is 4.03. The number of nitrogens with one attached hydrogen (secondary N) is 1. The molecule has 0 aliphatic rings. The number of halogens is 3. The number of rotatable bonds is 3. The van der Waals surface area contributed by atoms with E-state index in [9.17, 15) is 0 Å². The first-order chi connectivity index (χ1) is 9.08. The average Bonchev–Trinajstić information content (AvgIpc) is 2.38. The molecular weight excluding hydrogens is 305 g/mol. The third-order valence-corrected chi connectivity index (χ3v) is 3.24. The van der Waals surface area contributed by atoms with Crippen LogP contribution in [0.15, 0.2) is 41.8 Å². The van der Waals surface area contributed by atoms with E-state index >= 15 is 0 Å². The molecule has 1 heterocycles. The van der Waals surface area contributed by atoms with E-state index in [-0.39, 0.29) is 0 Å². The number of nitrogens with zero attached hydrogens (tertiary/aromatic N) is 2. The van der Waals surface area contributed by atoms with Crippen molar-refractivity contribution in [2.75, 3.05) is 5.43 Å². The SMILES string of the molecule is C/C(=N\Nc1c(Cl)cc(Cl)cc1Cl)c1cccnc1. The number of pyridine rings is 1. The molecule has 0 bridgehead atoms. The predicted octanol–water partition coefficient (Wildman–Crippen LogP) is 4.88. The van der Waals surface area contributed by atoms with Crippen molar-refractivity contribution in [1.82, 2.24) is 4.98 Å². The molecule has 2 rings (SSSR count). The number of anilines is 1. The third kappa shape index (κ3) is 3.60. The van der Waals surface area contributed by atoms with Gasteiger partial charge in [0.25, 0.3) is 0 Å². The molecule has 2 aromatic rings.